The lowest BCUT2D eigenvalue weighted by molar-refractivity contribution is -0.145. The monoisotopic (exact) mass is 373 g/mol. The van der Waals surface area contributed by atoms with Gasteiger partial charge in [0.05, 0.1) is 17.9 Å². The minimum Gasteiger partial charge on any atom is -0.497 e. The standard InChI is InChI=1S/C20H23NO4S/c1-12-11-21(9-8-16(12)20(23)24)19(22)18-10-17(13(2)26-18)14-4-6-15(25-3)7-5-14/h4-7,10,12,16H,8-9,11H2,1-3H3,(H,23,24). The molecule has 1 amide bonds. The summed E-state index contributed by atoms with van der Waals surface area (Å²) in [6.45, 7) is 4.90. The van der Waals surface area contributed by atoms with Gasteiger partial charge in [0.25, 0.3) is 5.91 Å². The number of piperidine rings is 1. The minimum absolute atomic E-state index is 0.00597. The normalized spacial score (nSPS) is 20.0. The van der Waals surface area contributed by atoms with Crippen molar-refractivity contribution in [3.8, 4) is 16.9 Å². The number of nitrogens with zero attached hydrogens (tertiary/aromatic N) is 1. The molecule has 1 aromatic carbocycles. The van der Waals surface area contributed by atoms with Crippen LogP contribution in [0.25, 0.3) is 11.1 Å². The van der Waals surface area contributed by atoms with Crippen molar-refractivity contribution < 1.29 is 19.4 Å². The maximum atomic E-state index is 12.9. The number of carboxylic acids is 1. The summed E-state index contributed by atoms with van der Waals surface area (Å²) in [5.74, 6) is -0.369. The third-order valence-corrected chi connectivity index (χ3v) is 6.08. The van der Waals surface area contributed by atoms with Gasteiger partial charge >= 0.3 is 5.97 Å². The van der Waals surface area contributed by atoms with Crippen molar-refractivity contribution in [3.05, 3.63) is 40.1 Å². The number of rotatable bonds is 4. The summed E-state index contributed by atoms with van der Waals surface area (Å²) in [4.78, 5) is 27.7. The zero-order chi connectivity index (χ0) is 18.8. The highest BCUT2D eigenvalue weighted by Crippen LogP contribution is 2.33. The lowest BCUT2D eigenvalue weighted by Gasteiger charge is -2.34. The Kier molecular flexibility index (Phi) is 5.32. The van der Waals surface area contributed by atoms with Crippen LogP contribution in [0.5, 0.6) is 5.75 Å². The fraction of sp³-hybridized carbons (Fsp3) is 0.400. The van der Waals surface area contributed by atoms with E-state index in [0.29, 0.717) is 24.4 Å². The van der Waals surface area contributed by atoms with Crippen molar-refractivity contribution in [2.45, 2.75) is 20.3 Å². The number of thiophene rings is 1. The quantitative estimate of drug-likeness (QED) is 0.882. The SMILES string of the molecule is COc1ccc(-c2cc(C(=O)N3CCC(C(=O)O)C(C)C3)sc2C)cc1. The van der Waals surface area contributed by atoms with Gasteiger partial charge in [0, 0.05) is 18.0 Å². The van der Waals surface area contributed by atoms with E-state index in [0.717, 1.165) is 21.8 Å². The number of amides is 1. The van der Waals surface area contributed by atoms with Crippen molar-refractivity contribution in [2.24, 2.45) is 11.8 Å². The average Bonchev–Trinajstić information content (AvgIpc) is 3.02. The lowest BCUT2D eigenvalue weighted by Crippen LogP contribution is -2.44. The van der Waals surface area contributed by atoms with E-state index in [1.54, 1.807) is 12.0 Å². The van der Waals surface area contributed by atoms with Crippen molar-refractivity contribution in [1.82, 2.24) is 4.90 Å². The highest BCUT2D eigenvalue weighted by Gasteiger charge is 2.33. The Morgan fingerprint density at radius 2 is 1.96 bits per heavy atom. The molecule has 1 aliphatic heterocycles. The molecule has 2 unspecified atom stereocenters. The number of carbonyl (C=O) groups excluding carboxylic acids is 1. The third kappa shape index (κ3) is 3.60. The molecule has 3 rings (SSSR count). The molecule has 2 aromatic rings. The predicted octanol–water partition coefficient (Wildman–Crippen LogP) is 3.91. The van der Waals surface area contributed by atoms with Crippen molar-refractivity contribution >= 4 is 23.2 Å². The van der Waals surface area contributed by atoms with Gasteiger partial charge in [0.2, 0.25) is 0 Å². The Morgan fingerprint density at radius 3 is 2.54 bits per heavy atom. The molecule has 1 saturated heterocycles. The van der Waals surface area contributed by atoms with Crippen molar-refractivity contribution in [2.75, 3.05) is 20.2 Å². The van der Waals surface area contributed by atoms with Crippen LogP contribution in [0.15, 0.2) is 30.3 Å². The van der Waals surface area contributed by atoms with Gasteiger partial charge in [-0.3, -0.25) is 9.59 Å². The number of ether oxygens (including phenoxy) is 1. The molecule has 26 heavy (non-hydrogen) atoms. The van der Waals surface area contributed by atoms with Crippen LogP contribution >= 0.6 is 11.3 Å². The Hall–Kier alpha value is -2.34. The Morgan fingerprint density at radius 1 is 1.27 bits per heavy atom. The van der Waals surface area contributed by atoms with Crippen LogP contribution in [-0.4, -0.2) is 42.1 Å². The zero-order valence-electron chi connectivity index (χ0n) is 15.2. The molecule has 5 nitrogen and oxygen atoms in total. The van der Waals surface area contributed by atoms with E-state index in [2.05, 4.69) is 0 Å². The Labute approximate surface area is 157 Å². The summed E-state index contributed by atoms with van der Waals surface area (Å²) < 4.78 is 5.19. The molecule has 0 bridgehead atoms. The van der Waals surface area contributed by atoms with Gasteiger partial charge in [-0.2, -0.15) is 0 Å². The van der Waals surface area contributed by atoms with Crippen LogP contribution in [0.2, 0.25) is 0 Å². The number of methoxy groups -OCH3 is 1. The first-order valence-corrected chi connectivity index (χ1v) is 9.49. The molecule has 6 heteroatoms. The molecule has 1 N–H and O–H groups in total. The molecule has 1 fully saturated rings. The largest absolute Gasteiger partial charge is 0.497 e. The molecule has 1 aliphatic rings. The molecule has 0 spiro atoms. The summed E-state index contributed by atoms with van der Waals surface area (Å²) in [6, 6.07) is 9.74. The lowest BCUT2D eigenvalue weighted by atomic mass is 9.87. The van der Waals surface area contributed by atoms with Gasteiger partial charge in [-0.1, -0.05) is 19.1 Å². The molecule has 0 aliphatic carbocycles. The first kappa shape index (κ1) is 18.5. The number of hydrogen-bond acceptors (Lipinski definition) is 4. The number of likely N-dealkylation sites (tertiary alicyclic amines) is 1. The molecular weight excluding hydrogens is 350 g/mol. The molecule has 2 atom stereocenters. The van der Waals surface area contributed by atoms with Gasteiger partial charge < -0.3 is 14.7 Å². The van der Waals surface area contributed by atoms with E-state index >= 15 is 0 Å². The molecular formula is C20H23NO4S. The summed E-state index contributed by atoms with van der Waals surface area (Å²) >= 11 is 1.49. The highest BCUT2D eigenvalue weighted by atomic mass is 32.1. The Balaban J connectivity index is 1.78. The van der Waals surface area contributed by atoms with Gasteiger partial charge in [-0.15, -0.1) is 11.3 Å². The first-order chi connectivity index (χ1) is 12.4. The Bertz CT molecular complexity index is 812. The summed E-state index contributed by atoms with van der Waals surface area (Å²) in [6.07, 6.45) is 0.512. The highest BCUT2D eigenvalue weighted by molar-refractivity contribution is 7.14. The van der Waals surface area contributed by atoms with E-state index in [4.69, 9.17) is 4.74 Å². The van der Waals surface area contributed by atoms with Crippen LogP contribution in [-0.2, 0) is 4.79 Å². The second kappa shape index (κ2) is 7.50. The van der Waals surface area contributed by atoms with Gasteiger partial charge in [-0.05, 0) is 48.6 Å². The number of carboxylic acid groups (broad SMARTS) is 1. The van der Waals surface area contributed by atoms with E-state index < -0.39 is 5.97 Å². The molecule has 0 saturated carbocycles. The molecule has 1 aromatic heterocycles. The topological polar surface area (TPSA) is 66.8 Å². The van der Waals surface area contributed by atoms with Crippen LogP contribution in [0.3, 0.4) is 0 Å². The molecule has 138 valence electrons. The zero-order valence-corrected chi connectivity index (χ0v) is 16.0. The second-order valence-corrected chi connectivity index (χ2v) is 8.03. The number of hydrogen-bond donors (Lipinski definition) is 1. The fourth-order valence-electron chi connectivity index (χ4n) is 3.50. The summed E-state index contributed by atoms with van der Waals surface area (Å²) in [7, 11) is 1.64. The number of carbonyl (C=O) groups is 2. The summed E-state index contributed by atoms with van der Waals surface area (Å²) in [5, 5.41) is 9.24. The van der Waals surface area contributed by atoms with Crippen molar-refractivity contribution in [1.29, 1.82) is 0 Å². The average molecular weight is 373 g/mol. The van der Waals surface area contributed by atoms with Crippen LogP contribution in [0, 0.1) is 18.8 Å². The third-order valence-electron chi connectivity index (χ3n) is 5.04. The number of aryl methyl sites for hydroxylation is 1. The summed E-state index contributed by atoms with van der Waals surface area (Å²) in [5.41, 5.74) is 2.10. The number of benzene rings is 1. The first-order valence-electron chi connectivity index (χ1n) is 8.67. The van der Waals surface area contributed by atoms with E-state index in [1.165, 1.54) is 11.3 Å². The van der Waals surface area contributed by atoms with Crippen LogP contribution in [0.1, 0.15) is 27.9 Å². The van der Waals surface area contributed by atoms with Crippen LogP contribution in [0.4, 0.5) is 0 Å². The minimum atomic E-state index is -0.765. The maximum Gasteiger partial charge on any atom is 0.306 e. The van der Waals surface area contributed by atoms with E-state index in [1.807, 2.05) is 44.2 Å². The van der Waals surface area contributed by atoms with Gasteiger partial charge in [0.1, 0.15) is 5.75 Å². The van der Waals surface area contributed by atoms with Crippen molar-refractivity contribution in [3.63, 3.8) is 0 Å². The second-order valence-electron chi connectivity index (χ2n) is 6.77. The van der Waals surface area contributed by atoms with Crippen LogP contribution < -0.4 is 4.74 Å². The molecule has 0 radical (unpaired) electrons. The molecule has 2 heterocycles. The smallest absolute Gasteiger partial charge is 0.306 e. The maximum absolute atomic E-state index is 12.9. The van der Waals surface area contributed by atoms with Gasteiger partial charge in [0.15, 0.2) is 0 Å². The van der Waals surface area contributed by atoms with E-state index in [-0.39, 0.29) is 17.7 Å². The predicted molar refractivity (Wildman–Crippen MR) is 102 cm³/mol. The number of aliphatic carboxylic acids is 1. The fourth-order valence-corrected chi connectivity index (χ4v) is 4.51. The van der Waals surface area contributed by atoms with E-state index in [9.17, 15) is 14.7 Å². The van der Waals surface area contributed by atoms with Gasteiger partial charge in [-0.25, -0.2) is 0 Å².